The molecule has 0 spiro atoms. The predicted molar refractivity (Wildman–Crippen MR) is 105 cm³/mol. The van der Waals surface area contributed by atoms with E-state index in [0.29, 0.717) is 12.2 Å². The van der Waals surface area contributed by atoms with Crippen molar-refractivity contribution >= 4 is 11.8 Å². The first-order chi connectivity index (χ1) is 13.1. The van der Waals surface area contributed by atoms with Crippen LogP contribution in [-0.2, 0) is 4.79 Å². The zero-order valence-electron chi connectivity index (χ0n) is 15.9. The molecule has 1 aliphatic heterocycles. The smallest absolute Gasteiger partial charge is 0.251 e. The van der Waals surface area contributed by atoms with Crippen molar-refractivity contribution in [3.05, 3.63) is 65.2 Å². The molecule has 1 N–H and O–H groups in total. The largest absolute Gasteiger partial charge is 0.494 e. The van der Waals surface area contributed by atoms with E-state index in [4.69, 9.17) is 4.74 Å². The van der Waals surface area contributed by atoms with Gasteiger partial charge in [0.2, 0.25) is 5.91 Å². The highest BCUT2D eigenvalue weighted by molar-refractivity contribution is 5.96. The molecular formula is C22H26N2O3. The Morgan fingerprint density at radius 1 is 1.15 bits per heavy atom. The van der Waals surface area contributed by atoms with Crippen LogP contribution in [0.3, 0.4) is 0 Å². The van der Waals surface area contributed by atoms with Crippen molar-refractivity contribution in [3.8, 4) is 5.75 Å². The molecule has 0 saturated carbocycles. The Labute approximate surface area is 160 Å². The lowest BCUT2D eigenvalue weighted by atomic mass is 9.99. The number of nitrogens with one attached hydrogen (secondary N) is 1. The third-order valence-corrected chi connectivity index (χ3v) is 4.95. The fourth-order valence-corrected chi connectivity index (χ4v) is 3.58. The summed E-state index contributed by atoms with van der Waals surface area (Å²) in [6, 6.07) is 15.2. The third kappa shape index (κ3) is 4.48. The Balaban J connectivity index is 1.59. The molecule has 2 aromatic carbocycles. The standard InChI is InChI=1S/C22H26N2O3/c1-3-27-18-12-10-17(11-13-18)22(26)23-15-21(25)24-14-6-9-20(24)19-8-5-4-7-16(19)2/h4-5,7-8,10-13,20H,3,6,9,14-15H2,1-2H3,(H,23,26). The average Bonchev–Trinajstić information content (AvgIpc) is 3.17. The number of aryl methyl sites for hydroxylation is 1. The molecule has 0 bridgehead atoms. The molecular weight excluding hydrogens is 340 g/mol. The van der Waals surface area contributed by atoms with Gasteiger partial charge in [-0.3, -0.25) is 9.59 Å². The van der Waals surface area contributed by atoms with Gasteiger partial charge in [0.15, 0.2) is 0 Å². The van der Waals surface area contributed by atoms with E-state index in [1.807, 2.05) is 24.0 Å². The summed E-state index contributed by atoms with van der Waals surface area (Å²) < 4.78 is 5.38. The van der Waals surface area contributed by atoms with Gasteiger partial charge in [0.1, 0.15) is 5.75 Å². The van der Waals surface area contributed by atoms with Crippen LogP contribution in [0.25, 0.3) is 0 Å². The number of rotatable bonds is 6. The van der Waals surface area contributed by atoms with E-state index in [-0.39, 0.29) is 24.4 Å². The van der Waals surface area contributed by atoms with Crippen LogP contribution in [0.4, 0.5) is 0 Å². The molecule has 1 heterocycles. The highest BCUT2D eigenvalue weighted by atomic mass is 16.5. The molecule has 1 fully saturated rings. The van der Waals surface area contributed by atoms with Gasteiger partial charge in [-0.05, 0) is 62.1 Å². The zero-order valence-corrected chi connectivity index (χ0v) is 15.9. The van der Waals surface area contributed by atoms with E-state index in [0.717, 1.165) is 25.1 Å². The molecule has 0 aliphatic carbocycles. The molecule has 27 heavy (non-hydrogen) atoms. The van der Waals surface area contributed by atoms with Gasteiger partial charge in [-0.1, -0.05) is 24.3 Å². The van der Waals surface area contributed by atoms with E-state index >= 15 is 0 Å². The number of likely N-dealkylation sites (tertiary alicyclic amines) is 1. The van der Waals surface area contributed by atoms with E-state index in [2.05, 4.69) is 24.4 Å². The van der Waals surface area contributed by atoms with Crippen LogP contribution in [0.1, 0.15) is 47.3 Å². The molecule has 1 atom stereocenters. The number of benzene rings is 2. The minimum absolute atomic E-state index is 0.00836. The molecule has 1 unspecified atom stereocenters. The van der Waals surface area contributed by atoms with Gasteiger partial charge in [-0.2, -0.15) is 0 Å². The molecule has 2 amide bonds. The van der Waals surface area contributed by atoms with Gasteiger partial charge < -0.3 is 15.0 Å². The number of carbonyl (C=O) groups is 2. The molecule has 2 aromatic rings. The van der Waals surface area contributed by atoms with E-state index in [9.17, 15) is 9.59 Å². The maximum Gasteiger partial charge on any atom is 0.251 e. The highest BCUT2D eigenvalue weighted by Crippen LogP contribution is 2.33. The Morgan fingerprint density at radius 3 is 2.59 bits per heavy atom. The second-order valence-electron chi connectivity index (χ2n) is 6.74. The minimum atomic E-state index is -0.252. The summed E-state index contributed by atoms with van der Waals surface area (Å²) in [5.41, 5.74) is 2.91. The summed E-state index contributed by atoms with van der Waals surface area (Å²) in [6.07, 6.45) is 1.95. The lowest BCUT2D eigenvalue weighted by Crippen LogP contribution is -2.40. The molecule has 3 rings (SSSR count). The summed E-state index contributed by atoms with van der Waals surface area (Å²) >= 11 is 0. The third-order valence-electron chi connectivity index (χ3n) is 4.95. The van der Waals surface area contributed by atoms with Crippen LogP contribution in [0.15, 0.2) is 48.5 Å². The van der Waals surface area contributed by atoms with E-state index < -0.39 is 0 Å². The summed E-state index contributed by atoms with van der Waals surface area (Å²) in [5.74, 6) is 0.432. The second kappa shape index (κ2) is 8.71. The average molecular weight is 366 g/mol. The van der Waals surface area contributed by atoms with Crippen molar-refractivity contribution in [1.29, 1.82) is 0 Å². The van der Waals surface area contributed by atoms with Crippen molar-refractivity contribution < 1.29 is 14.3 Å². The Bertz CT molecular complexity index is 801. The minimum Gasteiger partial charge on any atom is -0.494 e. The zero-order chi connectivity index (χ0) is 19.2. The molecule has 1 aliphatic rings. The van der Waals surface area contributed by atoms with Gasteiger partial charge >= 0.3 is 0 Å². The Kier molecular flexibility index (Phi) is 6.12. The number of nitrogens with zero attached hydrogens (tertiary/aromatic N) is 1. The number of hydrogen-bond donors (Lipinski definition) is 1. The first kappa shape index (κ1) is 19.0. The maximum absolute atomic E-state index is 12.7. The van der Waals surface area contributed by atoms with Gasteiger partial charge in [0, 0.05) is 12.1 Å². The fraction of sp³-hybridized carbons (Fsp3) is 0.364. The van der Waals surface area contributed by atoms with Gasteiger partial charge in [0.25, 0.3) is 5.91 Å². The number of hydrogen-bond acceptors (Lipinski definition) is 3. The molecule has 5 heteroatoms. The normalized spacial score (nSPS) is 16.2. The first-order valence-corrected chi connectivity index (χ1v) is 9.46. The fourth-order valence-electron chi connectivity index (χ4n) is 3.58. The van der Waals surface area contributed by atoms with Crippen molar-refractivity contribution in [2.24, 2.45) is 0 Å². The molecule has 5 nitrogen and oxygen atoms in total. The van der Waals surface area contributed by atoms with Gasteiger partial charge in [0.05, 0.1) is 19.2 Å². The van der Waals surface area contributed by atoms with Crippen LogP contribution in [-0.4, -0.2) is 36.4 Å². The number of amides is 2. The quantitative estimate of drug-likeness (QED) is 0.851. The predicted octanol–water partition coefficient (Wildman–Crippen LogP) is 3.49. The maximum atomic E-state index is 12.7. The SMILES string of the molecule is CCOc1ccc(C(=O)NCC(=O)N2CCCC2c2ccccc2C)cc1. The Morgan fingerprint density at radius 2 is 1.89 bits per heavy atom. The van der Waals surface area contributed by atoms with E-state index in [1.165, 1.54) is 11.1 Å². The van der Waals surface area contributed by atoms with Crippen LogP contribution < -0.4 is 10.1 Å². The van der Waals surface area contributed by atoms with Gasteiger partial charge in [-0.15, -0.1) is 0 Å². The first-order valence-electron chi connectivity index (χ1n) is 9.46. The van der Waals surface area contributed by atoms with Crippen LogP contribution >= 0.6 is 0 Å². The number of carbonyl (C=O) groups excluding carboxylic acids is 2. The molecule has 0 aromatic heterocycles. The summed E-state index contributed by atoms with van der Waals surface area (Å²) in [6.45, 7) is 5.31. The molecule has 1 saturated heterocycles. The van der Waals surface area contributed by atoms with Gasteiger partial charge in [-0.25, -0.2) is 0 Å². The lowest BCUT2D eigenvalue weighted by molar-refractivity contribution is -0.131. The molecule has 142 valence electrons. The Hall–Kier alpha value is -2.82. The van der Waals surface area contributed by atoms with Crippen molar-refractivity contribution in [2.75, 3.05) is 19.7 Å². The monoisotopic (exact) mass is 366 g/mol. The second-order valence-corrected chi connectivity index (χ2v) is 6.74. The van der Waals surface area contributed by atoms with Crippen molar-refractivity contribution in [1.82, 2.24) is 10.2 Å². The van der Waals surface area contributed by atoms with Crippen molar-refractivity contribution in [2.45, 2.75) is 32.7 Å². The van der Waals surface area contributed by atoms with E-state index in [1.54, 1.807) is 24.3 Å². The van der Waals surface area contributed by atoms with Crippen LogP contribution in [0.2, 0.25) is 0 Å². The lowest BCUT2D eigenvalue weighted by Gasteiger charge is -2.26. The summed E-state index contributed by atoms with van der Waals surface area (Å²) in [4.78, 5) is 26.9. The van der Waals surface area contributed by atoms with Crippen LogP contribution in [0, 0.1) is 6.92 Å². The molecule has 0 radical (unpaired) electrons. The number of ether oxygens (including phenoxy) is 1. The topological polar surface area (TPSA) is 58.6 Å². The highest BCUT2D eigenvalue weighted by Gasteiger charge is 2.30. The summed E-state index contributed by atoms with van der Waals surface area (Å²) in [7, 11) is 0. The van der Waals surface area contributed by atoms with Crippen molar-refractivity contribution in [3.63, 3.8) is 0 Å². The van der Waals surface area contributed by atoms with Crippen LogP contribution in [0.5, 0.6) is 5.75 Å². The summed E-state index contributed by atoms with van der Waals surface area (Å²) in [5, 5.41) is 2.74.